The van der Waals surface area contributed by atoms with Gasteiger partial charge in [0.15, 0.2) is 0 Å². The average molecular weight is 369 g/mol. The van der Waals surface area contributed by atoms with Crippen molar-refractivity contribution in [2.75, 3.05) is 25.4 Å². The summed E-state index contributed by atoms with van der Waals surface area (Å²) in [6.07, 6.45) is 3.49. The van der Waals surface area contributed by atoms with E-state index in [1.807, 2.05) is 11.8 Å². The van der Waals surface area contributed by atoms with E-state index < -0.39 is 10.0 Å². The fraction of sp³-hybridized carbons (Fsp3) is 0.812. The maximum atomic E-state index is 12.4. The summed E-state index contributed by atoms with van der Waals surface area (Å²) in [5.74, 6) is 2.08. The number of hydrogen-bond acceptors (Lipinski definition) is 5. The maximum absolute atomic E-state index is 12.4. The van der Waals surface area contributed by atoms with Gasteiger partial charge in [-0.1, -0.05) is 13.3 Å². The lowest BCUT2D eigenvalue weighted by atomic mass is 9.97. The summed E-state index contributed by atoms with van der Waals surface area (Å²) in [7, 11) is -3.22. The molecule has 1 atom stereocenters. The Kier molecular flexibility index (Phi) is 5.43. The molecular weight excluding hydrogens is 342 g/mol. The van der Waals surface area contributed by atoms with Crippen molar-refractivity contribution in [2.45, 2.75) is 58.5 Å². The summed E-state index contributed by atoms with van der Waals surface area (Å²) in [4.78, 5) is 13.5. The van der Waals surface area contributed by atoms with Crippen LogP contribution in [0, 0.1) is 0 Å². The number of piperidine rings is 1. The van der Waals surface area contributed by atoms with Crippen molar-refractivity contribution in [3.05, 3.63) is 11.6 Å². The largest absolute Gasteiger partial charge is 0.342 e. The number of likely N-dealkylation sites (tertiary alicyclic amines) is 1. The van der Waals surface area contributed by atoms with Crippen LogP contribution in [0.5, 0.6) is 0 Å². The number of carbonyl (C=O) groups excluding carboxylic acids is 1. The first-order chi connectivity index (χ1) is 11.9. The Bertz CT molecular complexity index is 730. The lowest BCUT2D eigenvalue weighted by Gasteiger charge is -2.33. The van der Waals surface area contributed by atoms with Crippen LogP contribution in [0.2, 0.25) is 0 Å². The zero-order valence-corrected chi connectivity index (χ0v) is 15.8. The van der Waals surface area contributed by atoms with Crippen molar-refractivity contribution in [2.24, 2.45) is 0 Å². The maximum Gasteiger partial charge on any atom is 0.219 e. The van der Waals surface area contributed by atoms with Crippen LogP contribution in [0.1, 0.15) is 57.1 Å². The minimum absolute atomic E-state index is 0.0938. The van der Waals surface area contributed by atoms with Crippen molar-refractivity contribution in [1.29, 1.82) is 0 Å². The predicted molar refractivity (Wildman–Crippen MR) is 93.4 cm³/mol. The number of carbonyl (C=O) groups is 1. The van der Waals surface area contributed by atoms with Crippen LogP contribution < -0.4 is 0 Å². The molecule has 0 N–H and O–H groups in total. The Balaban J connectivity index is 1.73. The molecule has 2 aliphatic rings. The van der Waals surface area contributed by atoms with Gasteiger partial charge in [0.2, 0.25) is 15.9 Å². The molecule has 0 bridgehead atoms. The predicted octanol–water partition coefficient (Wildman–Crippen LogP) is 0.949. The highest BCUT2D eigenvalue weighted by atomic mass is 32.2. The minimum atomic E-state index is -3.22. The molecule has 0 saturated carbocycles. The molecular formula is C16H27N5O3S. The highest BCUT2D eigenvalue weighted by molar-refractivity contribution is 7.89. The fourth-order valence-electron chi connectivity index (χ4n) is 3.63. The number of hydrogen-bond donors (Lipinski definition) is 0. The van der Waals surface area contributed by atoms with Crippen molar-refractivity contribution < 1.29 is 13.2 Å². The average Bonchev–Trinajstić information content (AvgIpc) is 3.03. The number of rotatable bonds is 5. The second-order valence-corrected chi connectivity index (χ2v) is 9.02. The lowest BCUT2D eigenvalue weighted by Crippen LogP contribution is -2.41. The molecule has 1 unspecified atom stereocenters. The van der Waals surface area contributed by atoms with Crippen LogP contribution in [0.15, 0.2) is 0 Å². The Morgan fingerprint density at radius 2 is 2.04 bits per heavy atom. The molecule has 25 heavy (non-hydrogen) atoms. The second-order valence-electron chi connectivity index (χ2n) is 6.93. The molecule has 140 valence electrons. The zero-order chi connectivity index (χ0) is 18.0. The minimum Gasteiger partial charge on any atom is -0.342 e. The zero-order valence-electron chi connectivity index (χ0n) is 15.0. The molecule has 8 nitrogen and oxygen atoms in total. The van der Waals surface area contributed by atoms with Gasteiger partial charge in [-0.25, -0.2) is 8.42 Å². The second kappa shape index (κ2) is 7.41. The topological polar surface area (TPSA) is 88.4 Å². The number of aromatic nitrogens is 3. The van der Waals surface area contributed by atoms with E-state index in [-0.39, 0.29) is 17.6 Å². The van der Waals surface area contributed by atoms with Gasteiger partial charge in [0.05, 0.1) is 12.3 Å². The van der Waals surface area contributed by atoms with Crippen molar-refractivity contribution >= 4 is 15.9 Å². The highest BCUT2D eigenvalue weighted by Gasteiger charge is 2.32. The van der Waals surface area contributed by atoms with E-state index in [0.29, 0.717) is 38.4 Å². The molecule has 9 heteroatoms. The summed E-state index contributed by atoms with van der Waals surface area (Å²) < 4.78 is 28.4. The Morgan fingerprint density at radius 3 is 2.76 bits per heavy atom. The molecule has 1 aromatic rings. The van der Waals surface area contributed by atoms with Gasteiger partial charge in [-0.3, -0.25) is 4.79 Å². The molecule has 1 saturated heterocycles. The molecule has 3 heterocycles. The van der Waals surface area contributed by atoms with Gasteiger partial charge in [-0.15, -0.1) is 10.2 Å². The third kappa shape index (κ3) is 3.87. The van der Waals surface area contributed by atoms with Crippen molar-refractivity contribution in [3.63, 3.8) is 0 Å². The van der Waals surface area contributed by atoms with Crippen LogP contribution in [0.4, 0.5) is 0 Å². The van der Waals surface area contributed by atoms with Crippen LogP contribution >= 0.6 is 0 Å². The quantitative estimate of drug-likeness (QED) is 0.771. The Labute approximate surface area is 149 Å². The number of unbranched alkanes of at least 4 members (excludes halogenated alkanes) is 1. The highest BCUT2D eigenvalue weighted by Crippen LogP contribution is 2.28. The van der Waals surface area contributed by atoms with Gasteiger partial charge >= 0.3 is 0 Å². The third-order valence-electron chi connectivity index (χ3n) is 5.13. The first-order valence-corrected chi connectivity index (χ1v) is 10.7. The molecule has 1 aromatic heterocycles. The Hall–Kier alpha value is -1.48. The molecule has 0 radical (unpaired) electrons. The van der Waals surface area contributed by atoms with E-state index in [2.05, 4.69) is 14.8 Å². The molecule has 3 rings (SSSR count). The molecule has 1 amide bonds. The summed E-state index contributed by atoms with van der Waals surface area (Å²) in [5, 5.41) is 8.60. The van der Waals surface area contributed by atoms with E-state index in [1.165, 1.54) is 4.31 Å². The van der Waals surface area contributed by atoms with Crippen LogP contribution in [0.3, 0.4) is 0 Å². The van der Waals surface area contributed by atoms with Gasteiger partial charge in [-0.2, -0.15) is 4.31 Å². The number of sulfonamides is 1. The van der Waals surface area contributed by atoms with E-state index >= 15 is 0 Å². The molecule has 0 aromatic carbocycles. The standard InChI is InChI=1S/C16H27N5O3S/c1-3-4-10-25(23,24)20-8-9-21-15(12-20)17-18-16(21)14-6-5-7-19(11-14)13(2)22/h14H,3-12H2,1-2H3. The normalized spacial score (nSPS) is 22.0. The Morgan fingerprint density at radius 1 is 1.24 bits per heavy atom. The van der Waals surface area contributed by atoms with Gasteiger partial charge < -0.3 is 9.47 Å². The first-order valence-electron chi connectivity index (χ1n) is 9.07. The lowest BCUT2D eigenvalue weighted by molar-refractivity contribution is -0.130. The van der Waals surface area contributed by atoms with Gasteiger partial charge in [0.1, 0.15) is 11.6 Å². The fourth-order valence-corrected chi connectivity index (χ4v) is 5.21. The molecule has 0 spiro atoms. The SMILES string of the molecule is CCCCS(=O)(=O)N1CCn2c(nnc2C2CCCN(C(C)=O)C2)C1. The van der Waals surface area contributed by atoms with Gasteiger partial charge in [-0.05, 0) is 19.3 Å². The molecule has 2 aliphatic heterocycles. The first kappa shape index (κ1) is 18.3. The van der Waals surface area contributed by atoms with E-state index in [0.717, 1.165) is 31.6 Å². The van der Waals surface area contributed by atoms with E-state index in [9.17, 15) is 13.2 Å². The van der Waals surface area contributed by atoms with Crippen LogP contribution in [-0.2, 0) is 27.9 Å². The monoisotopic (exact) mass is 369 g/mol. The van der Waals surface area contributed by atoms with Crippen LogP contribution in [-0.4, -0.2) is 63.7 Å². The number of fused-ring (bicyclic) bond motifs is 1. The van der Waals surface area contributed by atoms with Gasteiger partial charge in [0, 0.05) is 39.0 Å². The number of amides is 1. The molecule has 1 fully saturated rings. The smallest absolute Gasteiger partial charge is 0.219 e. The van der Waals surface area contributed by atoms with E-state index in [4.69, 9.17) is 0 Å². The summed E-state index contributed by atoms with van der Waals surface area (Å²) in [6.45, 7) is 6.40. The summed E-state index contributed by atoms with van der Waals surface area (Å²) >= 11 is 0. The summed E-state index contributed by atoms with van der Waals surface area (Å²) in [5.41, 5.74) is 0. The van der Waals surface area contributed by atoms with Crippen LogP contribution in [0.25, 0.3) is 0 Å². The van der Waals surface area contributed by atoms with Crippen molar-refractivity contribution in [3.8, 4) is 0 Å². The summed E-state index contributed by atoms with van der Waals surface area (Å²) in [6, 6.07) is 0. The van der Waals surface area contributed by atoms with Gasteiger partial charge in [0.25, 0.3) is 0 Å². The molecule has 0 aliphatic carbocycles. The van der Waals surface area contributed by atoms with Crippen molar-refractivity contribution in [1.82, 2.24) is 24.0 Å². The number of nitrogens with zero attached hydrogens (tertiary/aromatic N) is 5. The third-order valence-corrected chi connectivity index (χ3v) is 7.03. The van der Waals surface area contributed by atoms with E-state index in [1.54, 1.807) is 6.92 Å².